The molecule has 17 heavy (non-hydrogen) atoms. The molecule has 0 atom stereocenters. The lowest BCUT2D eigenvalue weighted by atomic mass is 10.1. The third-order valence-electron chi connectivity index (χ3n) is 3.28. The molecule has 1 saturated carbocycles. The Hall–Kier alpha value is -1.06. The second-order valence-corrected chi connectivity index (χ2v) is 4.83. The van der Waals surface area contributed by atoms with Gasteiger partial charge in [-0.2, -0.15) is 0 Å². The summed E-state index contributed by atoms with van der Waals surface area (Å²) < 4.78 is 5.56. The molecule has 0 amide bonds. The van der Waals surface area contributed by atoms with Crippen molar-refractivity contribution in [3.63, 3.8) is 0 Å². The van der Waals surface area contributed by atoms with Gasteiger partial charge in [-0.25, -0.2) is 0 Å². The molecule has 0 aliphatic heterocycles. The van der Waals surface area contributed by atoms with Gasteiger partial charge < -0.3 is 15.8 Å². The normalized spacial score (nSPS) is 15.1. The van der Waals surface area contributed by atoms with E-state index in [9.17, 15) is 0 Å². The molecule has 0 spiro atoms. The summed E-state index contributed by atoms with van der Waals surface area (Å²) in [6.45, 7) is 5.58. The summed E-state index contributed by atoms with van der Waals surface area (Å²) >= 11 is 0. The summed E-state index contributed by atoms with van der Waals surface area (Å²) in [6, 6.07) is 6.06. The molecular formula is C14H22N2O. The van der Waals surface area contributed by atoms with Crippen molar-refractivity contribution >= 4 is 5.69 Å². The van der Waals surface area contributed by atoms with Crippen LogP contribution in [0.25, 0.3) is 0 Å². The van der Waals surface area contributed by atoms with Gasteiger partial charge in [0.1, 0.15) is 0 Å². The molecular weight excluding hydrogens is 212 g/mol. The number of nitrogen functional groups attached to an aromatic ring is 1. The highest BCUT2D eigenvalue weighted by Gasteiger charge is 2.20. The van der Waals surface area contributed by atoms with Gasteiger partial charge in [-0.15, -0.1) is 0 Å². The summed E-state index contributed by atoms with van der Waals surface area (Å²) in [4.78, 5) is 0. The predicted molar refractivity (Wildman–Crippen MR) is 70.8 cm³/mol. The zero-order valence-electron chi connectivity index (χ0n) is 10.5. The number of benzene rings is 1. The van der Waals surface area contributed by atoms with E-state index < -0.39 is 0 Å². The largest absolute Gasteiger partial charge is 0.399 e. The molecule has 1 aliphatic rings. The average Bonchev–Trinajstić information content (AvgIpc) is 3.12. The van der Waals surface area contributed by atoms with E-state index in [-0.39, 0.29) is 0 Å². The van der Waals surface area contributed by atoms with E-state index >= 15 is 0 Å². The van der Waals surface area contributed by atoms with Crippen LogP contribution in [0.15, 0.2) is 18.2 Å². The van der Waals surface area contributed by atoms with Gasteiger partial charge in [0.2, 0.25) is 0 Å². The minimum Gasteiger partial charge on any atom is -0.399 e. The maximum absolute atomic E-state index is 5.86. The maximum Gasteiger partial charge on any atom is 0.0591 e. The smallest absolute Gasteiger partial charge is 0.0591 e. The first-order valence-electron chi connectivity index (χ1n) is 6.40. The molecule has 0 aromatic heterocycles. The first kappa shape index (κ1) is 12.4. The number of rotatable bonds is 7. The second kappa shape index (κ2) is 6.03. The van der Waals surface area contributed by atoms with E-state index in [0.29, 0.717) is 0 Å². The molecule has 3 heteroatoms. The Bertz CT molecular complexity index is 361. The molecule has 3 nitrogen and oxygen atoms in total. The highest BCUT2D eigenvalue weighted by Crippen LogP contribution is 2.28. The molecule has 0 radical (unpaired) electrons. The van der Waals surface area contributed by atoms with Crippen LogP contribution in [0, 0.1) is 12.8 Å². The number of anilines is 1. The molecule has 1 fully saturated rings. The molecule has 3 N–H and O–H groups in total. The minimum atomic E-state index is 0.803. The second-order valence-electron chi connectivity index (χ2n) is 4.83. The van der Waals surface area contributed by atoms with Crippen LogP contribution in [0.4, 0.5) is 5.69 Å². The Morgan fingerprint density at radius 2 is 2.24 bits per heavy atom. The van der Waals surface area contributed by atoms with Crippen LogP contribution >= 0.6 is 0 Å². The van der Waals surface area contributed by atoms with Gasteiger partial charge in [0, 0.05) is 25.4 Å². The summed E-state index contributed by atoms with van der Waals surface area (Å²) in [6.07, 6.45) is 2.71. The summed E-state index contributed by atoms with van der Waals surface area (Å²) in [5.74, 6) is 0.853. The van der Waals surface area contributed by atoms with E-state index in [2.05, 4.69) is 18.3 Å². The molecule has 1 aromatic rings. The fourth-order valence-corrected chi connectivity index (χ4v) is 1.80. The van der Waals surface area contributed by atoms with E-state index in [0.717, 1.165) is 37.9 Å². The van der Waals surface area contributed by atoms with Crippen molar-refractivity contribution in [3.05, 3.63) is 29.3 Å². The lowest BCUT2D eigenvalue weighted by Crippen LogP contribution is -2.20. The van der Waals surface area contributed by atoms with Crippen LogP contribution in [0.5, 0.6) is 0 Å². The number of hydrogen-bond acceptors (Lipinski definition) is 3. The highest BCUT2D eigenvalue weighted by molar-refractivity contribution is 5.49. The van der Waals surface area contributed by atoms with E-state index in [4.69, 9.17) is 10.5 Å². The summed E-state index contributed by atoms with van der Waals surface area (Å²) in [7, 11) is 0. The van der Waals surface area contributed by atoms with Gasteiger partial charge in [0.25, 0.3) is 0 Å². The Labute approximate surface area is 103 Å². The van der Waals surface area contributed by atoms with Crippen molar-refractivity contribution in [2.24, 2.45) is 5.92 Å². The monoisotopic (exact) mass is 234 g/mol. The molecule has 1 aromatic carbocycles. The van der Waals surface area contributed by atoms with Crippen LogP contribution in [0.3, 0.4) is 0 Å². The number of ether oxygens (including phenoxy) is 1. The molecule has 0 heterocycles. The number of nitrogens with two attached hydrogens (primary N) is 1. The first-order chi connectivity index (χ1) is 8.27. The molecule has 2 rings (SSSR count). The average molecular weight is 234 g/mol. The first-order valence-corrected chi connectivity index (χ1v) is 6.40. The molecule has 0 unspecified atom stereocenters. The lowest BCUT2D eigenvalue weighted by molar-refractivity contribution is 0.126. The van der Waals surface area contributed by atoms with Crippen molar-refractivity contribution < 1.29 is 4.74 Å². The quantitative estimate of drug-likeness (QED) is 0.561. The molecule has 0 bridgehead atoms. The maximum atomic E-state index is 5.86. The summed E-state index contributed by atoms with van der Waals surface area (Å²) in [5.41, 5.74) is 9.18. The fourth-order valence-electron chi connectivity index (χ4n) is 1.80. The SMILES string of the molecule is Cc1c(N)cccc1CNCCOCC1CC1. The van der Waals surface area contributed by atoms with Crippen LogP contribution in [0.2, 0.25) is 0 Å². The van der Waals surface area contributed by atoms with Gasteiger partial charge in [0.05, 0.1) is 6.61 Å². The Balaban J connectivity index is 1.61. The number of nitrogens with one attached hydrogen (secondary N) is 1. The van der Waals surface area contributed by atoms with E-state index in [1.807, 2.05) is 12.1 Å². The Kier molecular flexibility index (Phi) is 4.40. The minimum absolute atomic E-state index is 0.803. The van der Waals surface area contributed by atoms with E-state index in [1.165, 1.54) is 24.0 Å². The van der Waals surface area contributed by atoms with Crippen LogP contribution in [-0.4, -0.2) is 19.8 Å². The predicted octanol–water partition coefficient (Wildman–Crippen LogP) is 2.09. The van der Waals surface area contributed by atoms with Crippen molar-refractivity contribution in [2.75, 3.05) is 25.5 Å². The Morgan fingerprint density at radius 3 is 3.00 bits per heavy atom. The fraction of sp³-hybridized carbons (Fsp3) is 0.571. The summed E-state index contributed by atoms with van der Waals surface area (Å²) in [5, 5.41) is 3.38. The van der Waals surface area contributed by atoms with Gasteiger partial charge in [-0.1, -0.05) is 12.1 Å². The molecule has 1 aliphatic carbocycles. The lowest BCUT2D eigenvalue weighted by Gasteiger charge is -2.09. The van der Waals surface area contributed by atoms with Crippen LogP contribution in [-0.2, 0) is 11.3 Å². The van der Waals surface area contributed by atoms with E-state index in [1.54, 1.807) is 0 Å². The van der Waals surface area contributed by atoms with Gasteiger partial charge in [-0.05, 0) is 42.9 Å². The van der Waals surface area contributed by atoms with Crippen LogP contribution in [0.1, 0.15) is 24.0 Å². The van der Waals surface area contributed by atoms with Crippen LogP contribution < -0.4 is 11.1 Å². The third-order valence-corrected chi connectivity index (χ3v) is 3.28. The molecule has 94 valence electrons. The number of hydrogen-bond donors (Lipinski definition) is 2. The zero-order chi connectivity index (χ0) is 12.1. The van der Waals surface area contributed by atoms with Crippen molar-refractivity contribution in [1.82, 2.24) is 5.32 Å². The highest BCUT2D eigenvalue weighted by atomic mass is 16.5. The van der Waals surface area contributed by atoms with Crippen molar-refractivity contribution in [3.8, 4) is 0 Å². The topological polar surface area (TPSA) is 47.3 Å². The van der Waals surface area contributed by atoms with Crippen molar-refractivity contribution in [1.29, 1.82) is 0 Å². The Morgan fingerprint density at radius 1 is 1.41 bits per heavy atom. The zero-order valence-corrected chi connectivity index (χ0v) is 10.5. The van der Waals surface area contributed by atoms with Gasteiger partial charge in [-0.3, -0.25) is 0 Å². The third kappa shape index (κ3) is 4.02. The van der Waals surface area contributed by atoms with Crippen molar-refractivity contribution in [2.45, 2.75) is 26.3 Å². The van der Waals surface area contributed by atoms with Gasteiger partial charge in [0.15, 0.2) is 0 Å². The van der Waals surface area contributed by atoms with Gasteiger partial charge >= 0.3 is 0 Å². The standard InChI is InChI=1S/C14H22N2O/c1-11-13(3-2-4-14(11)15)9-16-7-8-17-10-12-5-6-12/h2-4,12,16H,5-10,15H2,1H3. The molecule has 0 saturated heterocycles.